The molecule has 1 saturated carbocycles. The van der Waals surface area contributed by atoms with E-state index in [0.29, 0.717) is 16.7 Å². The summed E-state index contributed by atoms with van der Waals surface area (Å²) in [5.74, 6) is -6.33. The number of amides is 3. The third kappa shape index (κ3) is 5.93. The van der Waals surface area contributed by atoms with Gasteiger partial charge in [-0.1, -0.05) is 36.4 Å². The van der Waals surface area contributed by atoms with Gasteiger partial charge >= 0.3 is 12.1 Å². The lowest BCUT2D eigenvalue weighted by atomic mass is 9.80. The van der Waals surface area contributed by atoms with Crippen molar-refractivity contribution < 1.29 is 41.4 Å². The molecule has 9 nitrogen and oxygen atoms in total. The summed E-state index contributed by atoms with van der Waals surface area (Å²) in [6, 6.07) is 12.4. The number of hydrogen-bond acceptors (Lipinski definition) is 5. The van der Waals surface area contributed by atoms with E-state index in [0.717, 1.165) is 5.56 Å². The van der Waals surface area contributed by atoms with Crippen LogP contribution in [0.25, 0.3) is 11.1 Å². The summed E-state index contributed by atoms with van der Waals surface area (Å²) >= 11 is 0. The minimum Gasteiger partial charge on any atom is -0.465 e. The highest BCUT2D eigenvalue weighted by Gasteiger charge is 2.50. The molecule has 3 aromatic rings. The Morgan fingerprint density at radius 1 is 1.05 bits per heavy atom. The van der Waals surface area contributed by atoms with E-state index in [-0.39, 0.29) is 64.2 Å². The molecule has 1 atom stereocenters. The summed E-state index contributed by atoms with van der Waals surface area (Å²) in [4.78, 5) is 32.6. The van der Waals surface area contributed by atoms with Crippen LogP contribution in [0.2, 0.25) is 0 Å². The van der Waals surface area contributed by atoms with Crippen LogP contribution in [0, 0.1) is 5.92 Å². The molecular weight excluding hydrogens is 584 g/mol. The molecular formula is C31H34F4N4O5. The molecule has 2 aliphatic heterocycles. The van der Waals surface area contributed by atoms with Gasteiger partial charge in [0, 0.05) is 32.6 Å². The summed E-state index contributed by atoms with van der Waals surface area (Å²) in [5.41, 5.74) is 0.889. The summed E-state index contributed by atoms with van der Waals surface area (Å²) in [7, 11) is 0. The number of carbonyl (C=O) groups excluding carboxylic acids is 1. The number of oxazole rings is 1. The van der Waals surface area contributed by atoms with Crippen LogP contribution >= 0.6 is 0 Å². The van der Waals surface area contributed by atoms with E-state index in [9.17, 15) is 32.3 Å². The molecule has 1 aromatic heterocycles. The van der Waals surface area contributed by atoms with Crippen molar-refractivity contribution in [3.05, 3.63) is 65.5 Å². The zero-order valence-corrected chi connectivity index (χ0v) is 24.0. The van der Waals surface area contributed by atoms with Crippen molar-refractivity contribution >= 4 is 23.2 Å². The van der Waals surface area contributed by atoms with E-state index in [1.165, 1.54) is 9.80 Å². The fourth-order valence-corrected chi connectivity index (χ4v) is 6.82. The molecule has 44 heavy (non-hydrogen) atoms. The van der Waals surface area contributed by atoms with Crippen LogP contribution in [-0.2, 0) is 16.8 Å². The second-order valence-corrected chi connectivity index (χ2v) is 12.0. The van der Waals surface area contributed by atoms with Gasteiger partial charge in [-0.3, -0.25) is 4.90 Å². The molecule has 0 unspecified atom stereocenters. The van der Waals surface area contributed by atoms with E-state index in [1.54, 1.807) is 42.5 Å². The number of nitrogens with zero attached hydrogens (tertiary/aromatic N) is 3. The fourth-order valence-electron chi connectivity index (χ4n) is 6.82. The zero-order chi connectivity index (χ0) is 31.1. The first-order valence-corrected chi connectivity index (χ1v) is 14.8. The third-order valence-corrected chi connectivity index (χ3v) is 9.15. The lowest BCUT2D eigenvalue weighted by Crippen LogP contribution is -2.64. The van der Waals surface area contributed by atoms with Crippen molar-refractivity contribution in [3.63, 3.8) is 0 Å². The maximum Gasteiger partial charge on any atom is 0.408 e. The largest absolute Gasteiger partial charge is 0.465 e. The van der Waals surface area contributed by atoms with Gasteiger partial charge in [-0.15, -0.1) is 0 Å². The molecule has 2 N–H and O–H groups in total. The predicted molar refractivity (Wildman–Crippen MR) is 150 cm³/mol. The van der Waals surface area contributed by atoms with Gasteiger partial charge in [0.2, 0.25) is 11.8 Å². The average Bonchev–Trinajstić information content (AvgIpc) is 3.42. The molecule has 3 aliphatic rings. The number of nitrogens with one attached hydrogen (secondary N) is 1. The molecule has 0 spiro atoms. The first-order valence-electron chi connectivity index (χ1n) is 14.8. The van der Waals surface area contributed by atoms with Crippen molar-refractivity contribution in [2.45, 2.75) is 68.5 Å². The Morgan fingerprint density at radius 2 is 1.75 bits per heavy atom. The van der Waals surface area contributed by atoms with Gasteiger partial charge in [-0.05, 0) is 54.9 Å². The Labute approximate surface area is 251 Å². The van der Waals surface area contributed by atoms with Crippen molar-refractivity contribution in [2.24, 2.45) is 5.92 Å². The monoisotopic (exact) mass is 618 g/mol. The van der Waals surface area contributed by atoms with Gasteiger partial charge in [0.15, 0.2) is 5.58 Å². The Hall–Kier alpha value is -3.87. The average molecular weight is 619 g/mol. The second kappa shape index (κ2) is 11.6. The number of hydrogen-bond donors (Lipinski definition) is 2. The van der Waals surface area contributed by atoms with Gasteiger partial charge in [0.05, 0.1) is 18.6 Å². The Kier molecular flexibility index (Phi) is 7.93. The maximum atomic E-state index is 14.5. The van der Waals surface area contributed by atoms with E-state index in [4.69, 9.17) is 14.1 Å². The summed E-state index contributed by atoms with van der Waals surface area (Å²) in [6.45, 7) is -0.961. The SMILES string of the molecule is O=C(O)N(Cc1ccccc1)[C@H](c1nc2cc(C3(N4CC(F)(F)CNC4=O)CCOCC3)ccc2o1)C1CCC(F)(F)CC1. The predicted octanol–water partition coefficient (Wildman–Crippen LogP) is 6.54. The molecule has 2 saturated heterocycles. The van der Waals surface area contributed by atoms with Crippen molar-refractivity contribution in [1.82, 2.24) is 20.1 Å². The molecule has 3 heterocycles. The van der Waals surface area contributed by atoms with Crippen LogP contribution in [-0.4, -0.2) is 70.2 Å². The molecule has 1 aliphatic carbocycles. The van der Waals surface area contributed by atoms with Gasteiger partial charge in [-0.2, -0.15) is 0 Å². The molecule has 3 amide bonds. The van der Waals surface area contributed by atoms with Crippen molar-refractivity contribution in [2.75, 3.05) is 26.3 Å². The van der Waals surface area contributed by atoms with Crippen LogP contribution < -0.4 is 5.32 Å². The van der Waals surface area contributed by atoms with Crippen molar-refractivity contribution in [1.29, 1.82) is 0 Å². The zero-order valence-electron chi connectivity index (χ0n) is 24.0. The summed E-state index contributed by atoms with van der Waals surface area (Å²) in [6.07, 6.45) is -1.24. The smallest absolute Gasteiger partial charge is 0.408 e. The highest BCUT2D eigenvalue weighted by molar-refractivity contribution is 5.78. The van der Waals surface area contributed by atoms with E-state index in [2.05, 4.69) is 5.32 Å². The quantitative estimate of drug-likeness (QED) is 0.291. The normalized spacial score (nSPS) is 22.4. The molecule has 236 valence electrons. The van der Waals surface area contributed by atoms with E-state index in [1.807, 2.05) is 6.07 Å². The maximum absolute atomic E-state index is 14.5. The van der Waals surface area contributed by atoms with Crippen molar-refractivity contribution in [3.8, 4) is 0 Å². The van der Waals surface area contributed by atoms with Crippen LogP contribution in [0.3, 0.4) is 0 Å². The van der Waals surface area contributed by atoms with Gasteiger partial charge in [-0.25, -0.2) is 32.1 Å². The number of benzene rings is 2. The Balaban J connectivity index is 1.40. The van der Waals surface area contributed by atoms with Crippen LogP contribution in [0.15, 0.2) is 52.9 Å². The van der Waals surface area contributed by atoms with Crippen LogP contribution in [0.4, 0.5) is 27.2 Å². The first-order chi connectivity index (χ1) is 21.0. The number of alkyl halides is 4. The number of rotatable bonds is 7. The molecule has 6 rings (SSSR count). The topological polar surface area (TPSA) is 108 Å². The number of halogens is 4. The second-order valence-electron chi connectivity index (χ2n) is 12.0. The number of aromatic nitrogens is 1. The lowest BCUT2D eigenvalue weighted by molar-refractivity contribution is -0.0868. The Bertz CT molecular complexity index is 1500. The molecule has 2 aromatic carbocycles. The minimum atomic E-state index is -3.12. The molecule has 3 fully saturated rings. The molecule has 0 bridgehead atoms. The third-order valence-electron chi connectivity index (χ3n) is 9.15. The summed E-state index contributed by atoms with van der Waals surface area (Å²) < 4.78 is 69.0. The Morgan fingerprint density at radius 3 is 2.43 bits per heavy atom. The van der Waals surface area contributed by atoms with E-state index >= 15 is 0 Å². The number of ether oxygens (including phenoxy) is 1. The van der Waals surface area contributed by atoms with Crippen LogP contribution in [0.1, 0.15) is 61.6 Å². The summed E-state index contributed by atoms with van der Waals surface area (Å²) in [5, 5.41) is 12.6. The highest BCUT2D eigenvalue weighted by Crippen LogP contribution is 2.46. The first kappa shape index (κ1) is 30.2. The van der Waals surface area contributed by atoms with E-state index < -0.39 is 54.6 Å². The van der Waals surface area contributed by atoms with Gasteiger partial charge in [0.1, 0.15) is 11.6 Å². The highest BCUT2D eigenvalue weighted by atomic mass is 19.3. The number of carbonyl (C=O) groups is 2. The fraction of sp³-hybridized carbons (Fsp3) is 0.516. The lowest BCUT2D eigenvalue weighted by Gasteiger charge is -2.49. The number of urea groups is 1. The van der Waals surface area contributed by atoms with Crippen LogP contribution in [0.5, 0.6) is 0 Å². The standard InChI is InChI=1S/C31H34F4N4O5/c32-30(33)10-8-21(9-11-30)25(38(28(41)42)17-20-4-2-1-3-5-20)26-37-23-16-22(6-7-24(23)44-26)29(12-14-43-15-13-29)39-19-31(34,35)18-36-27(39)40/h1-7,16,21,25H,8-15,17-19H2,(H,36,40)(H,41,42)/t25-/m0/s1. The van der Waals surface area contributed by atoms with Gasteiger partial charge < -0.3 is 24.5 Å². The minimum absolute atomic E-state index is 0.000891. The molecule has 0 radical (unpaired) electrons. The van der Waals surface area contributed by atoms with Gasteiger partial charge in [0.25, 0.3) is 5.92 Å². The molecule has 13 heteroatoms. The number of fused-ring (bicyclic) bond motifs is 1. The number of carboxylic acid groups (broad SMARTS) is 1.